The van der Waals surface area contributed by atoms with E-state index in [-0.39, 0.29) is 12.2 Å². The monoisotopic (exact) mass is 359 g/mol. The Morgan fingerprint density at radius 1 is 1.19 bits per heavy atom. The highest BCUT2D eigenvalue weighted by molar-refractivity contribution is 5.75. The summed E-state index contributed by atoms with van der Waals surface area (Å²) in [4.78, 5) is 33.8. The van der Waals surface area contributed by atoms with Gasteiger partial charge in [-0.3, -0.25) is 24.3 Å². The van der Waals surface area contributed by atoms with Gasteiger partial charge in [0.05, 0.1) is 11.1 Å². The fourth-order valence-corrected chi connectivity index (χ4v) is 2.55. The van der Waals surface area contributed by atoms with Crippen LogP contribution in [-0.2, 0) is 17.8 Å². The summed E-state index contributed by atoms with van der Waals surface area (Å²) in [5, 5.41) is 13.4. The van der Waals surface area contributed by atoms with E-state index in [1.54, 1.807) is 0 Å². The van der Waals surface area contributed by atoms with E-state index in [4.69, 9.17) is 9.47 Å². The van der Waals surface area contributed by atoms with Gasteiger partial charge in [0, 0.05) is 18.7 Å². The second-order valence-electron chi connectivity index (χ2n) is 5.69. The highest BCUT2D eigenvalue weighted by atomic mass is 16.6. The van der Waals surface area contributed by atoms with Crippen LogP contribution in [0, 0.1) is 10.1 Å². The van der Waals surface area contributed by atoms with Crippen molar-refractivity contribution >= 4 is 11.6 Å². The largest absolute Gasteiger partial charge is 0.486 e. The van der Waals surface area contributed by atoms with Crippen LogP contribution in [-0.4, -0.2) is 35.2 Å². The quantitative estimate of drug-likeness (QED) is 0.605. The van der Waals surface area contributed by atoms with E-state index in [0.29, 0.717) is 37.7 Å². The van der Waals surface area contributed by atoms with Crippen LogP contribution in [0.1, 0.15) is 5.56 Å². The Balaban J connectivity index is 1.54. The van der Waals surface area contributed by atoms with E-state index in [1.807, 2.05) is 18.2 Å². The number of hydrogen-bond acceptors (Lipinski definition) is 6. The van der Waals surface area contributed by atoms with Crippen molar-refractivity contribution in [1.82, 2.24) is 9.88 Å². The first-order valence-corrected chi connectivity index (χ1v) is 8.03. The molecule has 2 aromatic rings. The lowest BCUT2D eigenvalue weighted by Crippen LogP contribution is -2.33. The number of pyridine rings is 1. The molecule has 1 N–H and O–H groups in total. The zero-order valence-electron chi connectivity index (χ0n) is 13.8. The molecule has 2 heterocycles. The van der Waals surface area contributed by atoms with Gasteiger partial charge >= 0.3 is 0 Å². The number of carbonyl (C=O) groups is 1. The number of hydrogen-bond donors (Lipinski definition) is 1. The van der Waals surface area contributed by atoms with Crippen molar-refractivity contribution < 1.29 is 19.2 Å². The van der Waals surface area contributed by atoms with Gasteiger partial charge in [0.25, 0.3) is 11.2 Å². The third kappa shape index (κ3) is 4.18. The normalized spacial score (nSPS) is 12.5. The van der Waals surface area contributed by atoms with E-state index >= 15 is 0 Å². The number of benzene rings is 1. The van der Waals surface area contributed by atoms with Crippen LogP contribution in [0.5, 0.6) is 11.5 Å². The van der Waals surface area contributed by atoms with Gasteiger partial charge < -0.3 is 14.8 Å². The summed E-state index contributed by atoms with van der Waals surface area (Å²) in [6.45, 7) is 1.12. The molecule has 1 aromatic carbocycles. The van der Waals surface area contributed by atoms with Crippen molar-refractivity contribution in [2.24, 2.45) is 0 Å². The predicted molar refractivity (Wildman–Crippen MR) is 91.5 cm³/mol. The Kier molecular flexibility index (Phi) is 5.16. The third-order valence-corrected chi connectivity index (χ3v) is 3.84. The van der Waals surface area contributed by atoms with Crippen molar-refractivity contribution in [3.63, 3.8) is 0 Å². The van der Waals surface area contributed by atoms with E-state index in [2.05, 4.69) is 5.32 Å². The molecular formula is C17H17N3O6. The topological polar surface area (TPSA) is 113 Å². The van der Waals surface area contributed by atoms with Crippen molar-refractivity contribution in [3.8, 4) is 11.5 Å². The van der Waals surface area contributed by atoms with Gasteiger partial charge in [0.2, 0.25) is 5.91 Å². The molecule has 0 aliphatic carbocycles. The molecule has 0 spiro atoms. The molecule has 1 aliphatic rings. The summed E-state index contributed by atoms with van der Waals surface area (Å²) in [6.07, 6.45) is 1.63. The second-order valence-corrected chi connectivity index (χ2v) is 5.69. The molecule has 0 bridgehead atoms. The summed E-state index contributed by atoms with van der Waals surface area (Å²) in [5.41, 5.74) is 0.258. The van der Waals surface area contributed by atoms with Gasteiger partial charge in [-0.25, -0.2) is 0 Å². The Bertz CT molecular complexity index is 892. The first-order chi connectivity index (χ1) is 12.5. The average molecular weight is 359 g/mol. The Hall–Kier alpha value is -3.36. The molecule has 0 unspecified atom stereocenters. The van der Waals surface area contributed by atoms with Crippen LogP contribution >= 0.6 is 0 Å². The smallest absolute Gasteiger partial charge is 0.285 e. The van der Waals surface area contributed by atoms with Gasteiger partial charge in [0.15, 0.2) is 11.5 Å². The maximum atomic E-state index is 12.0. The minimum atomic E-state index is -0.615. The average Bonchev–Trinajstić information content (AvgIpc) is 2.63. The number of ether oxygens (including phenoxy) is 2. The molecule has 1 aliphatic heterocycles. The minimum absolute atomic E-state index is 0.242. The second kappa shape index (κ2) is 7.68. The van der Waals surface area contributed by atoms with Crippen molar-refractivity contribution in [1.29, 1.82) is 0 Å². The molecule has 1 amide bonds. The Morgan fingerprint density at radius 2 is 1.96 bits per heavy atom. The molecule has 136 valence electrons. The highest BCUT2D eigenvalue weighted by Gasteiger charge is 2.13. The fraction of sp³-hybridized carbons (Fsp3) is 0.294. The van der Waals surface area contributed by atoms with Gasteiger partial charge in [0.1, 0.15) is 19.8 Å². The number of nitro groups is 1. The molecule has 9 heteroatoms. The zero-order valence-corrected chi connectivity index (χ0v) is 13.8. The minimum Gasteiger partial charge on any atom is -0.486 e. The zero-order chi connectivity index (χ0) is 18.5. The first-order valence-electron chi connectivity index (χ1n) is 8.03. The molecule has 9 nitrogen and oxygen atoms in total. The van der Waals surface area contributed by atoms with E-state index in [1.165, 1.54) is 0 Å². The van der Waals surface area contributed by atoms with Gasteiger partial charge in [-0.05, 0) is 24.1 Å². The maximum absolute atomic E-state index is 12.0. The summed E-state index contributed by atoms with van der Waals surface area (Å²) < 4.78 is 12.0. The molecule has 1 aromatic heterocycles. The van der Waals surface area contributed by atoms with Crippen LogP contribution in [0.4, 0.5) is 5.69 Å². The van der Waals surface area contributed by atoms with Crippen molar-refractivity contribution in [2.45, 2.75) is 13.0 Å². The lowest BCUT2D eigenvalue weighted by Gasteiger charge is -2.18. The molecule has 0 radical (unpaired) electrons. The van der Waals surface area contributed by atoms with E-state index in [0.717, 1.165) is 28.5 Å². The number of aromatic nitrogens is 1. The van der Waals surface area contributed by atoms with Gasteiger partial charge in [-0.2, -0.15) is 0 Å². The molecule has 26 heavy (non-hydrogen) atoms. The van der Waals surface area contributed by atoms with Gasteiger partial charge in [-0.15, -0.1) is 0 Å². The van der Waals surface area contributed by atoms with E-state index < -0.39 is 16.4 Å². The summed E-state index contributed by atoms with van der Waals surface area (Å²) in [5.74, 6) is 0.988. The van der Waals surface area contributed by atoms with Crippen LogP contribution < -0.4 is 20.3 Å². The number of amides is 1. The third-order valence-electron chi connectivity index (χ3n) is 3.84. The highest BCUT2D eigenvalue weighted by Crippen LogP contribution is 2.30. The summed E-state index contributed by atoms with van der Waals surface area (Å²) >= 11 is 0. The first kappa shape index (κ1) is 17.5. The van der Waals surface area contributed by atoms with Crippen LogP contribution in [0.2, 0.25) is 0 Å². The molecule has 3 rings (SSSR count). The predicted octanol–water partition coefficient (Wildman–Crippen LogP) is 0.887. The fourth-order valence-electron chi connectivity index (χ4n) is 2.55. The molecular weight excluding hydrogens is 342 g/mol. The van der Waals surface area contributed by atoms with Crippen LogP contribution in [0.15, 0.2) is 41.3 Å². The maximum Gasteiger partial charge on any atom is 0.285 e. The number of nitrogens with zero attached hydrogens (tertiary/aromatic N) is 2. The van der Waals surface area contributed by atoms with Crippen LogP contribution in [0.3, 0.4) is 0 Å². The Morgan fingerprint density at radius 3 is 2.73 bits per heavy atom. The van der Waals surface area contributed by atoms with Crippen LogP contribution in [0.25, 0.3) is 0 Å². The number of rotatable bonds is 6. The standard InChI is InChI=1S/C17H17N3O6/c21-16(11-19-10-13(20(23)24)2-4-17(19)22)18-6-5-12-1-3-14-15(9-12)26-8-7-25-14/h1-4,9-10H,5-8,11H2,(H,18,21). The molecule has 0 fully saturated rings. The number of nitrogens with one attached hydrogen (secondary N) is 1. The lowest BCUT2D eigenvalue weighted by atomic mass is 10.1. The summed E-state index contributed by atoms with van der Waals surface area (Å²) in [7, 11) is 0. The van der Waals surface area contributed by atoms with Crippen molar-refractivity contribution in [3.05, 3.63) is 62.6 Å². The van der Waals surface area contributed by atoms with Gasteiger partial charge in [-0.1, -0.05) is 6.07 Å². The number of carbonyl (C=O) groups excluding carboxylic acids is 1. The SMILES string of the molecule is O=C(Cn1cc([N+](=O)[O-])ccc1=O)NCCc1ccc2c(c1)OCCO2. The molecule has 0 saturated heterocycles. The summed E-state index contributed by atoms with van der Waals surface area (Å²) in [6, 6.07) is 7.77. The Labute approximate surface area is 148 Å². The molecule has 0 saturated carbocycles. The van der Waals surface area contributed by atoms with Crippen molar-refractivity contribution in [2.75, 3.05) is 19.8 Å². The molecule has 0 atom stereocenters. The lowest BCUT2D eigenvalue weighted by molar-refractivity contribution is -0.385. The number of fused-ring (bicyclic) bond motifs is 1. The van der Waals surface area contributed by atoms with E-state index in [9.17, 15) is 19.7 Å².